The number of para-hydroxylation sites is 1. The largest absolute Gasteiger partial charge is 0.493 e. The Kier molecular flexibility index (Phi) is 2.68. The van der Waals surface area contributed by atoms with Crippen LogP contribution >= 0.6 is 0 Å². The molecule has 0 aliphatic heterocycles. The maximum atomic E-state index is 5.66. The van der Waals surface area contributed by atoms with Gasteiger partial charge in [-0.1, -0.05) is 18.2 Å². The molecule has 0 bridgehead atoms. The summed E-state index contributed by atoms with van der Waals surface area (Å²) in [5.74, 6) is 0.871. The number of pyridine rings is 1. The number of fused-ring (bicyclic) bond motifs is 1. The molecule has 18 heavy (non-hydrogen) atoms. The summed E-state index contributed by atoms with van der Waals surface area (Å²) in [5.41, 5.74) is 2.90. The minimum atomic E-state index is 0.646. The van der Waals surface area contributed by atoms with Crippen LogP contribution in [0.25, 0.3) is 16.8 Å². The van der Waals surface area contributed by atoms with Gasteiger partial charge in [0.05, 0.1) is 6.61 Å². The Morgan fingerprint density at radius 2 is 1.94 bits per heavy atom. The monoisotopic (exact) mass is 239 g/mol. The first-order valence-corrected chi connectivity index (χ1v) is 5.90. The van der Waals surface area contributed by atoms with Crippen LogP contribution in [0.1, 0.15) is 6.92 Å². The molecule has 0 aliphatic rings. The first-order valence-electron chi connectivity index (χ1n) is 5.90. The molecule has 0 atom stereocenters. The number of nitrogens with zero attached hydrogens (tertiary/aromatic N) is 3. The smallest absolute Gasteiger partial charge is 0.163 e. The summed E-state index contributed by atoms with van der Waals surface area (Å²) in [6, 6.07) is 12.0. The lowest BCUT2D eigenvalue weighted by atomic mass is 10.1. The molecule has 2 aromatic heterocycles. The van der Waals surface area contributed by atoms with E-state index in [0.29, 0.717) is 6.61 Å². The first-order chi connectivity index (χ1) is 8.90. The van der Waals surface area contributed by atoms with Gasteiger partial charge in [-0.3, -0.25) is 0 Å². The van der Waals surface area contributed by atoms with Crippen molar-refractivity contribution in [1.29, 1.82) is 0 Å². The molecule has 3 aromatic rings. The Labute approximate surface area is 105 Å². The van der Waals surface area contributed by atoms with Crippen molar-refractivity contribution in [2.45, 2.75) is 6.92 Å². The molecule has 0 radical (unpaired) electrons. The van der Waals surface area contributed by atoms with Gasteiger partial charge in [0.1, 0.15) is 12.1 Å². The summed E-state index contributed by atoms with van der Waals surface area (Å²) in [5, 5.41) is 4.15. The highest BCUT2D eigenvalue weighted by molar-refractivity contribution is 5.81. The number of rotatable bonds is 3. The molecule has 1 aromatic carbocycles. The summed E-state index contributed by atoms with van der Waals surface area (Å²) in [7, 11) is 0. The van der Waals surface area contributed by atoms with Crippen LogP contribution < -0.4 is 4.74 Å². The molecule has 0 spiro atoms. The van der Waals surface area contributed by atoms with E-state index in [2.05, 4.69) is 10.1 Å². The van der Waals surface area contributed by atoms with Crippen molar-refractivity contribution in [3.8, 4) is 16.9 Å². The Morgan fingerprint density at radius 1 is 1.11 bits per heavy atom. The average Bonchev–Trinajstić information content (AvgIpc) is 2.88. The predicted molar refractivity (Wildman–Crippen MR) is 69.6 cm³/mol. The fourth-order valence-corrected chi connectivity index (χ4v) is 2.03. The topological polar surface area (TPSA) is 39.4 Å². The molecule has 0 saturated heterocycles. The lowest BCUT2D eigenvalue weighted by molar-refractivity contribution is 0.341. The van der Waals surface area contributed by atoms with Crippen LogP contribution in [0.3, 0.4) is 0 Å². The zero-order valence-electron chi connectivity index (χ0n) is 10.1. The zero-order chi connectivity index (χ0) is 12.4. The summed E-state index contributed by atoms with van der Waals surface area (Å²) in [4.78, 5) is 4.29. The second kappa shape index (κ2) is 4.49. The van der Waals surface area contributed by atoms with Crippen molar-refractivity contribution in [2.75, 3.05) is 6.61 Å². The van der Waals surface area contributed by atoms with Gasteiger partial charge in [-0.15, -0.1) is 0 Å². The van der Waals surface area contributed by atoms with Crippen molar-refractivity contribution in [1.82, 2.24) is 14.6 Å². The molecule has 0 aliphatic carbocycles. The van der Waals surface area contributed by atoms with E-state index in [9.17, 15) is 0 Å². The SMILES string of the molecule is CCOc1ccccc1-c1cccn2ncnc12. The van der Waals surface area contributed by atoms with Gasteiger partial charge < -0.3 is 4.74 Å². The van der Waals surface area contributed by atoms with Gasteiger partial charge in [0, 0.05) is 17.3 Å². The van der Waals surface area contributed by atoms with E-state index in [0.717, 1.165) is 22.5 Å². The maximum absolute atomic E-state index is 5.66. The lowest BCUT2D eigenvalue weighted by Crippen LogP contribution is -1.95. The van der Waals surface area contributed by atoms with Crippen molar-refractivity contribution < 1.29 is 4.74 Å². The molecule has 0 unspecified atom stereocenters. The number of hydrogen-bond donors (Lipinski definition) is 0. The molecular weight excluding hydrogens is 226 g/mol. The van der Waals surface area contributed by atoms with Crippen molar-refractivity contribution in [3.05, 3.63) is 48.9 Å². The number of hydrogen-bond acceptors (Lipinski definition) is 3. The van der Waals surface area contributed by atoms with E-state index in [1.165, 1.54) is 0 Å². The molecule has 0 fully saturated rings. The molecule has 90 valence electrons. The predicted octanol–water partition coefficient (Wildman–Crippen LogP) is 2.80. The fourth-order valence-electron chi connectivity index (χ4n) is 2.03. The maximum Gasteiger partial charge on any atom is 0.163 e. The molecule has 4 heteroatoms. The van der Waals surface area contributed by atoms with Gasteiger partial charge in [-0.25, -0.2) is 9.50 Å². The normalized spacial score (nSPS) is 10.7. The molecule has 4 nitrogen and oxygen atoms in total. The number of ether oxygens (including phenoxy) is 1. The standard InChI is InChI=1S/C14H13N3O/c1-2-18-13-8-4-3-6-11(13)12-7-5-9-17-14(12)15-10-16-17/h3-10H,2H2,1H3. The molecule has 3 rings (SSSR count). The fraction of sp³-hybridized carbons (Fsp3) is 0.143. The van der Waals surface area contributed by atoms with Crippen molar-refractivity contribution in [3.63, 3.8) is 0 Å². The van der Waals surface area contributed by atoms with E-state index in [-0.39, 0.29) is 0 Å². The Morgan fingerprint density at radius 3 is 2.83 bits per heavy atom. The van der Waals surface area contributed by atoms with Gasteiger partial charge in [-0.2, -0.15) is 5.10 Å². The lowest BCUT2D eigenvalue weighted by Gasteiger charge is -2.10. The van der Waals surface area contributed by atoms with Crippen LogP contribution in [0, 0.1) is 0 Å². The van der Waals surface area contributed by atoms with E-state index < -0.39 is 0 Å². The minimum absolute atomic E-state index is 0.646. The quantitative estimate of drug-likeness (QED) is 0.705. The third-order valence-electron chi connectivity index (χ3n) is 2.78. The average molecular weight is 239 g/mol. The first kappa shape index (κ1) is 10.8. The molecule has 0 saturated carbocycles. The summed E-state index contributed by atoms with van der Waals surface area (Å²) >= 11 is 0. The highest BCUT2D eigenvalue weighted by Gasteiger charge is 2.10. The highest BCUT2D eigenvalue weighted by Crippen LogP contribution is 2.31. The molecule has 0 N–H and O–H groups in total. The van der Waals surface area contributed by atoms with Crippen LogP contribution in [-0.2, 0) is 0 Å². The molecule has 2 heterocycles. The van der Waals surface area contributed by atoms with Crippen molar-refractivity contribution >= 4 is 5.65 Å². The second-order valence-electron chi connectivity index (χ2n) is 3.88. The second-order valence-corrected chi connectivity index (χ2v) is 3.88. The Hall–Kier alpha value is -2.36. The van der Waals surface area contributed by atoms with Gasteiger partial charge in [0.25, 0.3) is 0 Å². The summed E-state index contributed by atoms with van der Waals surface area (Å²) in [6.45, 7) is 2.63. The van der Waals surface area contributed by atoms with Crippen LogP contribution in [-0.4, -0.2) is 21.2 Å². The van der Waals surface area contributed by atoms with Crippen molar-refractivity contribution in [2.24, 2.45) is 0 Å². The van der Waals surface area contributed by atoms with E-state index in [4.69, 9.17) is 4.74 Å². The van der Waals surface area contributed by atoms with Gasteiger partial charge in [0.2, 0.25) is 0 Å². The van der Waals surface area contributed by atoms with Crippen LogP contribution in [0.2, 0.25) is 0 Å². The van der Waals surface area contributed by atoms with E-state index >= 15 is 0 Å². The zero-order valence-corrected chi connectivity index (χ0v) is 10.1. The number of aromatic nitrogens is 3. The minimum Gasteiger partial charge on any atom is -0.493 e. The van der Waals surface area contributed by atoms with E-state index in [1.807, 2.05) is 49.5 Å². The van der Waals surface area contributed by atoms with Gasteiger partial charge in [0.15, 0.2) is 5.65 Å². The van der Waals surface area contributed by atoms with Crippen LogP contribution in [0.15, 0.2) is 48.9 Å². The molecule has 0 amide bonds. The highest BCUT2D eigenvalue weighted by atomic mass is 16.5. The Balaban J connectivity index is 2.23. The van der Waals surface area contributed by atoms with Crippen LogP contribution in [0.5, 0.6) is 5.75 Å². The third kappa shape index (κ3) is 1.72. The van der Waals surface area contributed by atoms with E-state index in [1.54, 1.807) is 10.8 Å². The van der Waals surface area contributed by atoms with Gasteiger partial charge >= 0.3 is 0 Å². The Bertz CT molecular complexity index is 675. The number of benzene rings is 1. The molecular formula is C14H13N3O. The van der Waals surface area contributed by atoms with Crippen LogP contribution in [0.4, 0.5) is 0 Å². The third-order valence-corrected chi connectivity index (χ3v) is 2.78. The summed E-state index contributed by atoms with van der Waals surface area (Å²) < 4.78 is 7.42. The van der Waals surface area contributed by atoms with Gasteiger partial charge in [-0.05, 0) is 25.1 Å². The summed E-state index contributed by atoms with van der Waals surface area (Å²) in [6.07, 6.45) is 3.44.